The van der Waals surface area contributed by atoms with E-state index in [-0.39, 0.29) is 11.9 Å². The van der Waals surface area contributed by atoms with Crippen molar-refractivity contribution in [3.63, 3.8) is 0 Å². The van der Waals surface area contributed by atoms with Crippen LogP contribution in [0.3, 0.4) is 0 Å². The van der Waals surface area contributed by atoms with E-state index >= 15 is 0 Å². The van der Waals surface area contributed by atoms with E-state index in [1.807, 2.05) is 44.2 Å². The Kier molecular flexibility index (Phi) is 6.56. The number of amides is 3. The molecule has 0 heterocycles. The molecule has 0 aliphatic rings. The number of likely N-dealkylation sites (N-methyl/N-ethyl adjacent to an activating group) is 1. The topological polar surface area (TPSA) is 61.4 Å². The first kappa shape index (κ1) is 16.0. The van der Waals surface area contributed by atoms with Gasteiger partial charge in [0.2, 0.25) is 5.91 Å². The van der Waals surface area contributed by atoms with Crippen molar-refractivity contribution >= 4 is 11.9 Å². The largest absolute Gasteiger partial charge is 0.357 e. The quantitative estimate of drug-likeness (QED) is 0.825. The molecule has 1 rings (SSSR count). The summed E-state index contributed by atoms with van der Waals surface area (Å²) in [6.45, 7) is 5.06. The lowest BCUT2D eigenvalue weighted by molar-refractivity contribution is -0.122. The fourth-order valence-corrected chi connectivity index (χ4v) is 1.98. The second-order valence-electron chi connectivity index (χ2n) is 4.48. The molecule has 3 amide bonds. The first-order chi connectivity index (χ1) is 9.62. The van der Waals surface area contributed by atoms with Crippen LogP contribution in [0.4, 0.5) is 4.79 Å². The molecule has 20 heavy (non-hydrogen) atoms. The molecule has 0 radical (unpaired) electrons. The number of benzene rings is 1. The van der Waals surface area contributed by atoms with Crippen LogP contribution in [0.25, 0.3) is 0 Å². The lowest BCUT2D eigenvalue weighted by Gasteiger charge is -2.23. The minimum Gasteiger partial charge on any atom is -0.357 e. The summed E-state index contributed by atoms with van der Waals surface area (Å²) in [5.74, 6) is -0.186. The molecule has 0 aromatic heterocycles. The minimum absolute atomic E-state index is 0.186. The zero-order valence-corrected chi connectivity index (χ0v) is 12.3. The van der Waals surface area contributed by atoms with E-state index in [0.29, 0.717) is 19.5 Å². The van der Waals surface area contributed by atoms with Gasteiger partial charge in [-0.1, -0.05) is 30.3 Å². The van der Waals surface area contributed by atoms with Gasteiger partial charge in [0.25, 0.3) is 0 Å². The van der Waals surface area contributed by atoms with Crippen molar-refractivity contribution < 1.29 is 9.59 Å². The summed E-state index contributed by atoms with van der Waals surface area (Å²) in [7, 11) is 1.57. The summed E-state index contributed by atoms with van der Waals surface area (Å²) in [5, 5.41) is 5.39. The van der Waals surface area contributed by atoms with Gasteiger partial charge in [-0.05, 0) is 19.4 Å². The highest BCUT2D eigenvalue weighted by atomic mass is 16.2. The molecule has 0 saturated carbocycles. The molecule has 1 aromatic carbocycles. The number of nitrogens with one attached hydrogen (secondary N) is 2. The minimum atomic E-state index is -0.560. The van der Waals surface area contributed by atoms with Crippen molar-refractivity contribution in [2.75, 3.05) is 20.1 Å². The van der Waals surface area contributed by atoms with Crippen LogP contribution in [0.2, 0.25) is 0 Å². The monoisotopic (exact) mass is 277 g/mol. The van der Waals surface area contributed by atoms with Gasteiger partial charge in [-0.2, -0.15) is 0 Å². The van der Waals surface area contributed by atoms with Gasteiger partial charge in [0.15, 0.2) is 0 Å². The standard InChI is InChI=1S/C15H23N3O2/c1-4-18(5-2)15(20)17-13(14(19)16-3)11-12-9-7-6-8-10-12/h6-10,13H,4-5,11H2,1-3H3,(H,16,19)(H,17,20)/t13-/m0/s1. The van der Waals surface area contributed by atoms with Gasteiger partial charge >= 0.3 is 6.03 Å². The third-order valence-corrected chi connectivity index (χ3v) is 3.19. The van der Waals surface area contributed by atoms with Crippen molar-refractivity contribution in [2.45, 2.75) is 26.3 Å². The summed E-state index contributed by atoms with van der Waals surface area (Å²) < 4.78 is 0. The molecule has 0 aliphatic carbocycles. The second-order valence-corrected chi connectivity index (χ2v) is 4.48. The van der Waals surface area contributed by atoms with Gasteiger partial charge in [0.05, 0.1) is 0 Å². The van der Waals surface area contributed by atoms with E-state index in [2.05, 4.69) is 10.6 Å². The van der Waals surface area contributed by atoms with Crippen molar-refractivity contribution in [3.05, 3.63) is 35.9 Å². The number of hydrogen-bond donors (Lipinski definition) is 2. The zero-order valence-electron chi connectivity index (χ0n) is 12.3. The Bertz CT molecular complexity index is 430. The number of urea groups is 1. The molecule has 1 aromatic rings. The van der Waals surface area contributed by atoms with Crippen molar-refractivity contribution in [1.82, 2.24) is 15.5 Å². The van der Waals surface area contributed by atoms with E-state index in [0.717, 1.165) is 5.56 Å². The van der Waals surface area contributed by atoms with Gasteiger partial charge < -0.3 is 15.5 Å². The fraction of sp³-hybridized carbons (Fsp3) is 0.467. The van der Waals surface area contributed by atoms with E-state index in [4.69, 9.17) is 0 Å². The summed E-state index contributed by atoms with van der Waals surface area (Å²) in [6.07, 6.45) is 0.480. The highest BCUT2D eigenvalue weighted by Crippen LogP contribution is 2.04. The van der Waals surface area contributed by atoms with Crippen LogP contribution >= 0.6 is 0 Å². The summed E-state index contributed by atoms with van der Waals surface area (Å²) in [4.78, 5) is 25.6. The Hall–Kier alpha value is -2.04. The molecule has 0 spiro atoms. The molecule has 5 nitrogen and oxygen atoms in total. The van der Waals surface area contributed by atoms with Crippen molar-refractivity contribution in [2.24, 2.45) is 0 Å². The Morgan fingerprint density at radius 1 is 1.15 bits per heavy atom. The van der Waals surface area contributed by atoms with Crippen LogP contribution in [-0.2, 0) is 11.2 Å². The van der Waals surface area contributed by atoms with E-state index in [9.17, 15) is 9.59 Å². The maximum atomic E-state index is 12.1. The van der Waals surface area contributed by atoms with Crippen molar-refractivity contribution in [3.8, 4) is 0 Å². The van der Waals surface area contributed by atoms with Gasteiger partial charge in [0.1, 0.15) is 6.04 Å². The highest BCUT2D eigenvalue weighted by Gasteiger charge is 2.22. The van der Waals surface area contributed by atoms with Gasteiger partial charge in [-0.25, -0.2) is 4.79 Å². The Labute approximate surface area is 120 Å². The molecule has 0 fully saturated rings. The molecule has 2 N–H and O–H groups in total. The average molecular weight is 277 g/mol. The lowest BCUT2D eigenvalue weighted by atomic mass is 10.1. The molecular formula is C15H23N3O2. The molecule has 5 heteroatoms. The number of rotatable bonds is 6. The SMILES string of the molecule is CCN(CC)C(=O)N[C@@H](Cc1ccccc1)C(=O)NC. The Balaban J connectivity index is 2.75. The smallest absolute Gasteiger partial charge is 0.318 e. The molecule has 0 aliphatic heterocycles. The highest BCUT2D eigenvalue weighted by molar-refractivity contribution is 5.87. The van der Waals surface area contributed by atoms with Crippen LogP contribution in [0, 0.1) is 0 Å². The molecular weight excluding hydrogens is 254 g/mol. The third-order valence-electron chi connectivity index (χ3n) is 3.19. The predicted octanol–water partition coefficient (Wildman–Crippen LogP) is 1.40. The van der Waals surface area contributed by atoms with Gasteiger partial charge in [0, 0.05) is 26.6 Å². The molecule has 0 bridgehead atoms. The van der Waals surface area contributed by atoms with E-state index < -0.39 is 6.04 Å². The Morgan fingerprint density at radius 2 is 1.75 bits per heavy atom. The third kappa shape index (κ3) is 4.57. The van der Waals surface area contributed by atoms with Crippen LogP contribution < -0.4 is 10.6 Å². The maximum Gasteiger partial charge on any atom is 0.318 e. The van der Waals surface area contributed by atoms with Crippen molar-refractivity contribution in [1.29, 1.82) is 0 Å². The average Bonchev–Trinajstić information content (AvgIpc) is 2.48. The molecule has 0 saturated heterocycles. The van der Waals surface area contributed by atoms with E-state index in [1.165, 1.54) is 0 Å². The summed E-state index contributed by atoms with van der Waals surface area (Å²) in [6, 6.07) is 8.88. The first-order valence-corrected chi connectivity index (χ1v) is 6.93. The Morgan fingerprint density at radius 3 is 2.25 bits per heavy atom. The number of hydrogen-bond acceptors (Lipinski definition) is 2. The number of carbonyl (C=O) groups is 2. The van der Waals surface area contributed by atoms with Crippen LogP contribution in [0.1, 0.15) is 19.4 Å². The predicted molar refractivity (Wildman–Crippen MR) is 79.5 cm³/mol. The van der Waals surface area contributed by atoms with Gasteiger partial charge in [-0.15, -0.1) is 0 Å². The fourth-order valence-electron chi connectivity index (χ4n) is 1.98. The van der Waals surface area contributed by atoms with Crippen LogP contribution in [0.5, 0.6) is 0 Å². The number of carbonyl (C=O) groups excluding carboxylic acids is 2. The molecule has 110 valence electrons. The zero-order chi connectivity index (χ0) is 15.0. The van der Waals surface area contributed by atoms with Gasteiger partial charge in [-0.3, -0.25) is 4.79 Å². The summed E-state index contributed by atoms with van der Waals surface area (Å²) in [5.41, 5.74) is 1.01. The lowest BCUT2D eigenvalue weighted by Crippen LogP contribution is -2.51. The van der Waals surface area contributed by atoms with E-state index in [1.54, 1.807) is 11.9 Å². The maximum absolute atomic E-state index is 12.1. The molecule has 1 atom stereocenters. The number of nitrogens with zero attached hydrogens (tertiary/aromatic N) is 1. The van der Waals surface area contributed by atoms with Crippen LogP contribution in [-0.4, -0.2) is 43.0 Å². The van der Waals surface area contributed by atoms with Crippen LogP contribution in [0.15, 0.2) is 30.3 Å². The normalized spacial score (nSPS) is 11.6. The molecule has 0 unspecified atom stereocenters. The first-order valence-electron chi connectivity index (χ1n) is 6.93. The summed E-state index contributed by atoms with van der Waals surface area (Å²) >= 11 is 0. The second kappa shape index (κ2) is 8.19.